The third kappa shape index (κ3) is 60.6. The average Bonchev–Trinajstić information content (AvgIpc) is 3.46. The van der Waals surface area contributed by atoms with Crippen molar-refractivity contribution in [2.45, 2.75) is 324 Å². The Morgan fingerprint density at radius 2 is 0.407 bits per heavy atom. The Balaban J connectivity index is 5.37. The fraction of sp³-hybridized carbons (Fsp3) is 0.942. The summed E-state index contributed by atoms with van der Waals surface area (Å²) < 4.78 is 0. The molecule has 0 radical (unpaired) electrons. The SMILES string of the molecule is CCCCCCCCCCCCNC(=O)CCN(CCC)CCNCCN(CCC(=O)NCCCCCCCCCCCC)CCN(CCC(=O)NCCCCCCCCCCCC)CCC(=O)NCCCCCCCCCCCC. The van der Waals surface area contributed by atoms with Crippen LogP contribution in [-0.2, 0) is 19.2 Å². The molecular formula is C69H140N8O4. The smallest absolute Gasteiger partial charge is 0.221 e. The van der Waals surface area contributed by atoms with Gasteiger partial charge in [0.25, 0.3) is 0 Å². The van der Waals surface area contributed by atoms with E-state index in [9.17, 15) is 19.2 Å². The number of nitrogens with zero attached hydrogens (tertiary/aromatic N) is 3. The van der Waals surface area contributed by atoms with Crippen LogP contribution in [0.15, 0.2) is 0 Å². The Bertz CT molecular complexity index is 1300. The number of carbonyl (C=O) groups excluding carboxylic acids is 4. The number of rotatable bonds is 67. The lowest BCUT2D eigenvalue weighted by atomic mass is 10.1. The van der Waals surface area contributed by atoms with E-state index in [2.05, 4.69) is 75.9 Å². The van der Waals surface area contributed by atoms with Crippen molar-refractivity contribution in [2.75, 3.05) is 98.2 Å². The van der Waals surface area contributed by atoms with Crippen molar-refractivity contribution in [3.8, 4) is 0 Å². The molecule has 5 N–H and O–H groups in total. The third-order valence-corrected chi connectivity index (χ3v) is 16.5. The van der Waals surface area contributed by atoms with Gasteiger partial charge in [-0.1, -0.05) is 266 Å². The van der Waals surface area contributed by atoms with Gasteiger partial charge in [-0.2, -0.15) is 0 Å². The fourth-order valence-corrected chi connectivity index (χ4v) is 11.0. The van der Waals surface area contributed by atoms with Crippen molar-refractivity contribution in [1.29, 1.82) is 0 Å². The van der Waals surface area contributed by atoms with Gasteiger partial charge < -0.3 is 41.3 Å². The van der Waals surface area contributed by atoms with Crippen LogP contribution in [0.25, 0.3) is 0 Å². The summed E-state index contributed by atoms with van der Waals surface area (Å²) in [6.07, 6.45) is 54.1. The van der Waals surface area contributed by atoms with Gasteiger partial charge in [-0.3, -0.25) is 19.2 Å². The molecule has 0 saturated heterocycles. The van der Waals surface area contributed by atoms with Crippen molar-refractivity contribution >= 4 is 23.6 Å². The Morgan fingerprint density at radius 3 is 0.630 bits per heavy atom. The zero-order valence-corrected chi connectivity index (χ0v) is 54.9. The van der Waals surface area contributed by atoms with Gasteiger partial charge in [-0.15, -0.1) is 0 Å². The fourth-order valence-electron chi connectivity index (χ4n) is 11.0. The van der Waals surface area contributed by atoms with Crippen LogP contribution in [0.5, 0.6) is 0 Å². The van der Waals surface area contributed by atoms with E-state index < -0.39 is 0 Å². The van der Waals surface area contributed by atoms with E-state index in [1.807, 2.05) is 0 Å². The van der Waals surface area contributed by atoms with Gasteiger partial charge in [0.1, 0.15) is 0 Å². The molecule has 0 fully saturated rings. The Kier molecular flexibility index (Phi) is 63.4. The van der Waals surface area contributed by atoms with Crippen molar-refractivity contribution in [3.63, 3.8) is 0 Å². The first-order chi connectivity index (χ1) is 39.8. The molecule has 4 amide bonds. The van der Waals surface area contributed by atoms with Crippen molar-refractivity contribution in [3.05, 3.63) is 0 Å². The standard InChI is InChI=1S/C69H140N8O4/c1-6-11-15-19-23-27-31-35-39-43-51-71-66(78)47-58-75(57-10-5)62-55-70-56-63-77(61-50-69(81)74-54-46-42-38-34-30-26-22-18-14-9-4)65-64-76(59-48-67(79)72-52-44-40-36-32-28-24-20-16-12-7-2)60-49-68(80)73-53-45-41-37-33-29-25-21-17-13-8-3/h70H,6-65H2,1-5H3,(H,71,78)(H,72,79)(H,73,80)(H,74,81). The molecule has 0 heterocycles. The predicted octanol–water partition coefficient (Wildman–Crippen LogP) is 15.6. The summed E-state index contributed by atoms with van der Waals surface area (Å²) in [5, 5.41) is 16.5. The maximum Gasteiger partial charge on any atom is 0.221 e. The van der Waals surface area contributed by atoms with Crippen LogP contribution in [0.3, 0.4) is 0 Å². The van der Waals surface area contributed by atoms with Gasteiger partial charge in [0.2, 0.25) is 23.6 Å². The number of unbranched alkanes of at least 4 members (excludes halogenated alkanes) is 36. The topological polar surface area (TPSA) is 138 Å². The first-order valence-corrected chi connectivity index (χ1v) is 35.7. The highest BCUT2D eigenvalue weighted by Gasteiger charge is 2.16. The summed E-state index contributed by atoms with van der Waals surface area (Å²) in [6, 6.07) is 0. The van der Waals surface area contributed by atoms with Crippen LogP contribution in [0.4, 0.5) is 0 Å². The van der Waals surface area contributed by atoms with Crippen LogP contribution in [0, 0.1) is 0 Å². The van der Waals surface area contributed by atoms with Gasteiger partial charge in [-0.05, 0) is 38.6 Å². The molecule has 0 rings (SSSR count). The lowest BCUT2D eigenvalue weighted by molar-refractivity contribution is -0.122. The van der Waals surface area contributed by atoms with Gasteiger partial charge in [0.05, 0.1) is 0 Å². The number of nitrogens with one attached hydrogen (secondary N) is 5. The van der Waals surface area contributed by atoms with Crippen molar-refractivity contribution in [1.82, 2.24) is 41.3 Å². The highest BCUT2D eigenvalue weighted by molar-refractivity contribution is 5.77. The maximum atomic E-state index is 13.2. The maximum absolute atomic E-state index is 13.2. The molecule has 0 spiro atoms. The molecule has 0 aliphatic carbocycles. The largest absolute Gasteiger partial charge is 0.356 e. The second-order valence-electron chi connectivity index (χ2n) is 24.4. The Hall–Kier alpha value is -2.28. The zero-order valence-electron chi connectivity index (χ0n) is 54.9. The number of carbonyl (C=O) groups is 4. The normalized spacial score (nSPS) is 11.6. The average molecular weight is 1150 g/mol. The first-order valence-electron chi connectivity index (χ1n) is 35.7. The highest BCUT2D eigenvalue weighted by atomic mass is 16.2. The molecule has 81 heavy (non-hydrogen) atoms. The van der Waals surface area contributed by atoms with Gasteiger partial charge in [0.15, 0.2) is 0 Å². The quantitative estimate of drug-likeness (QED) is 0.0380. The first kappa shape index (κ1) is 78.7. The molecule has 0 aliphatic rings. The summed E-state index contributed by atoms with van der Waals surface area (Å²) in [5.74, 6) is 0.445. The molecule has 0 atom stereocenters. The summed E-state index contributed by atoms with van der Waals surface area (Å²) >= 11 is 0. The lowest BCUT2D eigenvalue weighted by Gasteiger charge is -2.28. The third-order valence-electron chi connectivity index (χ3n) is 16.5. The molecule has 12 nitrogen and oxygen atoms in total. The lowest BCUT2D eigenvalue weighted by Crippen LogP contribution is -2.43. The van der Waals surface area contributed by atoms with Crippen LogP contribution < -0.4 is 26.6 Å². The Labute approximate surface area is 503 Å². The number of hydrogen-bond donors (Lipinski definition) is 5. The Morgan fingerprint density at radius 1 is 0.210 bits per heavy atom. The molecule has 0 aromatic heterocycles. The molecule has 12 heteroatoms. The van der Waals surface area contributed by atoms with Crippen molar-refractivity contribution < 1.29 is 19.2 Å². The predicted molar refractivity (Wildman–Crippen MR) is 350 cm³/mol. The minimum Gasteiger partial charge on any atom is -0.356 e. The molecule has 0 bridgehead atoms. The van der Waals surface area contributed by atoms with Crippen LogP contribution in [-0.4, -0.2) is 136 Å². The van der Waals surface area contributed by atoms with Gasteiger partial charge in [-0.25, -0.2) is 0 Å². The molecule has 0 unspecified atom stereocenters. The molecule has 0 saturated carbocycles. The van der Waals surface area contributed by atoms with Gasteiger partial charge >= 0.3 is 0 Å². The van der Waals surface area contributed by atoms with E-state index >= 15 is 0 Å². The van der Waals surface area contributed by atoms with E-state index in [0.717, 1.165) is 123 Å². The van der Waals surface area contributed by atoms with Crippen LogP contribution >= 0.6 is 0 Å². The van der Waals surface area contributed by atoms with E-state index in [-0.39, 0.29) is 23.6 Å². The highest BCUT2D eigenvalue weighted by Crippen LogP contribution is 2.14. The summed E-state index contributed by atoms with van der Waals surface area (Å²) in [4.78, 5) is 59.5. The van der Waals surface area contributed by atoms with Gasteiger partial charge in [0, 0.05) is 117 Å². The minimum atomic E-state index is 0.0866. The summed E-state index contributed by atoms with van der Waals surface area (Å²) in [5.41, 5.74) is 0. The molecule has 0 aliphatic heterocycles. The van der Waals surface area contributed by atoms with Crippen LogP contribution in [0.2, 0.25) is 0 Å². The molecule has 0 aromatic carbocycles. The van der Waals surface area contributed by atoms with E-state index in [0.29, 0.717) is 45.3 Å². The van der Waals surface area contributed by atoms with Crippen molar-refractivity contribution in [2.24, 2.45) is 0 Å². The molecular weight excluding hydrogens is 1000 g/mol. The summed E-state index contributed by atoms with van der Waals surface area (Å²) in [7, 11) is 0. The second kappa shape index (κ2) is 65.3. The van der Waals surface area contributed by atoms with E-state index in [1.165, 1.54) is 218 Å². The number of amides is 4. The number of hydrogen-bond acceptors (Lipinski definition) is 8. The molecule has 0 aromatic rings. The second-order valence-corrected chi connectivity index (χ2v) is 24.4. The van der Waals surface area contributed by atoms with E-state index in [4.69, 9.17) is 0 Å². The summed E-state index contributed by atoms with van der Waals surface area (Å²) in [6.45, 7) is 22.7. The zero-order chi connectivity index (χ0) is 59.0. The van der Waals surface area contributed by atoms with Crippen LogP contribution in [0.1, 0.15) is 324 Å². The van der Waals surface area contributed by atoms with E-state index in [1.54, 1.807) is 0 Å². The monoisotopic (exact) mass is 1150 g/mol. The minimum absolute atomic E-state index is 0.0866. The molecule has 480 valence electrons.